The van der Waals surface area contributed by atoms with E-state index in [9.17, 15) is 5.11 Å². The molecule has 0 unspecified atom stereocenters. The smallest absolute Gasteiger partial charge is 0.258 e. The van der Waals surface area contributed by atoms with E-state index >= 15 is 0 Å². The topological polar surface area (TPSA) is 81.3 Å². The van der Waals surface area contributed by atoms with Crippen molar-refractivity contribution >= 4 is 0 Å². The molecule has 100 valence electrons. The summed E-state index contributed by atoms with van der Waals surface area (Å²) in [5.74, 6) is 1.22. The quantitative estimate of drug-likeness (QED) is 0.786. The first-order valence-corrected chi connectivity index (χ1v) is 5.89. The average molecular weight is 269 g/mol. The minimum absolute atomic E-state index is 0.0586. The molecule has 6 heteroatoms. The van der Waals surface area contributed by atoms with E-state index in [1.165, 1.54) is 13.2 Å². The lowest BCUT2D eigenvalue weighted by molar-refractivity contribution is 0.373. The first-order chi connectivity index (χ1) is 9.78. The standard InChI is InChI=1S/C14H11N3O3/c1-19-12-7-9(4-5-11(12)18)14-16-13(17-20-14)10-3-2-6-15-8-10/h2-8,18H,1H3. The zero-order valence-electron chi connectivity index (χ0n) is 10.6. The Morgan fingerprint density at radius 1 is 1.20 bits per heavy atom. The van der Waals surface area contributed by atoms with Crippen molar-refractivity contribution in [2.24, 2.45) is 0 Å². The largest absolute Gasteiger partial charge is 0.504 e. The molecule has 2 heterocycles. The molecule has 1 aromatic carbocycles. The van der Waals surface area contributed by atoms with Gasteiger partial charge in [-0.1, -0.05) is 5.16 Å². The summed E-state index contributed by atoms with van der Waals surface area (Å²) in [6, 6.07) is 8.48. The average Bonchev–Trinajstić information content (AvgIpc) is 2.98. The number of aromatic hydroxyl groups is 1. The van der Waals surface area contributed by atoms with E-state index in [-0.39, 0.29) is 5.75 Å². The van der Waals surface area contributed by atoms with Gasteiger partial charge in [0, 0.05) is 23.5 Å². The van der Waals surface area contributed by atoms with Crippen molar-refractivity contribution in [1.29, 1.82) is 0 Å². The van der Waals surface area contributed by atoms with Gasteiger partial charge in [0.15, 0.2) is 11.5 Å². The van der Waals surface area contributed by atoms with Crippen LogP contribution in [0.1, 0.15) is 0 Å². The van der Waals surface area contributed by atoms with Crippen LogP contribution in [0, 0.1) is 0 Å². The molecular formula is C14H11N3O3. The van der Waals surface area contributed by atoms with Crippen molar-refractivity contribution in [1.82, 2.24) is 15.1 Å². The number of hydrogen-bond donors (Lipinski definition) is 1. The summed E-state index contributed by atoms with van der Waals surface area (Å²) in [5, 5.41) is 13.5. The van der Waals surface area contributed by atoms with Gasteiger partial charge in [0.25, 0.3) is 5.89 Å². The van der Waals surface area contributed by atoms with Gasteiger partial charge in [-0.3, -0.25) is 4.98 Å². The van der Waals surface area contributed by atoms with Gasteiger partial charge < -0.3 is 14.4 Å². The molecule has 0 bridgehead atoms. The predicted molar refractivity (Wildman–Crippen MR) is 71.2 cm³/mol. The van der Waals surface area contributed by atoms with Gasteiger partial charge in [-0.15, -0.1) is 0 Å². The number of hydrogen-bond acceptors (Lipinski definition) is 6. The molecule has 0 aliphatic heterocycles. The van der Waals surface area contributed by atoms with E-state index in [4.69, 9.17) is 9.26 Å². The zero-order chi connectivity index (χ0) is 13.9. The van der Waals surface area contributed by atoms with E-state index < -0.39 is 0 Å². The van der Waals surface area contributed by atoms with Gasteiger partial charge in [0.05, 0.1) is 7.11 Å². The highest BCUT2D eigenvalue weighted by Crippen LogP contribution is 2.31. The van der Waals surface area contributed by atoms with Crippen molar-refractivity contribution in [3.05, 3.63) is 42.7 Å². The van der Waals surface area contributed by atoms with Crippen molar-refractivity contribution in [2.45, 2.75) is 0 Å². The lowest BCUT2D eigenvalue weighted by atomic mass is 10.2. The third-order valence-corrected chi connectivity index (χ3v) is 2.77. The molecule has 20 heavy (non-hydrogen) atoms. The first kappa shape index (κ1) is 12.2. The van der Waals surface area contributed by atoms with Gasteiger partial charge in [0.2, 0.25) is 5.82 Å². The summed E-state index contributed by atoms with van der Waals surface area (Å²) in [5.41, 5.74) is 1.44. The Morgan fingerprint density at radius 3 is 2.85 bits per heavy atom. The van der Waals surface area contributed by atoms with Crippen LogP contribution in [0.5, 0.6) is 11.5 Å². The van der Waals surface area contributed by atoms with Gasteiger partial charge in [-0.2, -0.15) is 4.98 Å². The van der Waals surface area contributed by atoms with Crippen molar-refractivity contribution in [3.8, 4) is 34.3 Å². The number of rotatable bonds is 3. The molecule has 0 atom stereocenters. The number of phenolic OH excluding ortho intramolecular Hbond substituents is 1. The van der Waals surface area contributed by atoms with Gasteiger partial charge >= 0.3 is 0 Å². The third-order valence-electron chi connectivity index (χ3n) is 2.77. The van der Waals surface area contributed by atoms with E-state index in [0.717, 1.165) is 5.56 Å². The Labute approximate surface area is 114 Å². The van der Waals surface area contributed by atoms with Crippen LogP contribution >= 0.6 is 0 Å². The number of pyridine rings is 1. The molecule has 0 aliphatic rings. The maximum Gasteiger partial charge on any atom is 0.258 e. The fraction of sp³-hybridized carbons (Fsp3) is 0.0714. The van der Waals surface area contributed by atoms with Gasteiger partial charge in [-0.05, 0) is 30.3 Å². The summed E-state index contributed by atoms with van der Waals surface area (Å²) in [4.78, 5) is 8.31. The second-order valence-corrected chi connectivity index (χ2v) is 4.05. The maximum atomic E-state index is 9.57. The lowest BCUT2D eigenvalue weighted by Gasteiger charge is -2.03. The van der Waals surface area contributed by atoms with Crippen LogP contribution < -0.4 is 4.74 Å². The Morgan fingerprint density at radius 2 is 2.10 bits per heavy atom. The van der Waals surface area contributed by atoms with Crippen LogP contribution in [-0.2, 0) is 0 Å². The van der Waals surface area contributed by atoms with Crippen LogP contribution in [0.25, 0.3) is 22.8 Å². The first-order valence-electron chi connectivity index (χ1n) is 5.89. The van der Waals surface area contributed by atoms with Crippen LogP contribution in [-0.4, -0.2) is 27.3 Å². The van der Waals surface area contributed by atoms with Gasteiger partial charge in [-0.25, -0.2) is 0 Å². The van der Waals surface area contributed by atoms with Crippen LogP contribution in [0.2, 0.25) is 0 Å². The van der Waals surface area contributed by atoms with E-state index in [1.54, 1.807) is 30.6 Å². The monoisotopic (exact) mass is 269 g/mol. The van der Waals surface area contributed by atoms with Gasteiger partial charge in [0.1, 0.15) is 0 Å². The Hall–Kier alpha value is -2.89. The maximum absolute atomic E-state index is 9.57. The highest BCUT2D eigenvalue weighted by molar-refractivity contribution is 5.62. The van der Waals surface area contributed by atoms with Crippen LogP contribution in [0.3, 0.4) is 0 Å². The molecule has 1 N–H and O–H groups in total. The summed E-state index contributed by atoms with van der Waals surface area (Å²) in [7, 11) is 1.48. The van der Waals surface area contributed by atoms with Crippen molar-refractivity contribution < 1.29 is 14.4 Å². The molecule has 0 aliphatic carbocycles. The number of phenols is 1. The number of ether oxygens (including phenoxy) is 1. The molecule has 0 saturated carbocycles. The number of methoxy groups -OCH3 is 1. The van der Waals surface area contributed by atoms with E-state index in [1.807, 2.05) is 6.07 Å². The highest BCUT2D eigenvalue weighted by Gasteiger charge is 2.12. The molecule has 3 rings (SSSR count). The van der Waals surface area contributed by atoms with E-state index in [2.05, 4.69) is 15.1 Å². The zero-order valence-corrected chi connectivity index (χ0v) is 10.6. The van der Waals surface area contributed by atoms with E-state index in [0.29, 0.717) is 23.0 Å². The van der Waals surface area contributed by atoms with Crippen LogP contribution in [0.15, 0.2) is 47.2 Å². The van der Waals surface area contributed by atoms with Crippen molar-refractivity contribution in [2.75, 3.05) is 7.11 Å². The van der Waals surface area contributed by atoms with Crippen LogP contribution in [0.4, 0.5) is 0 Å². The molecule has 0 fully saturated rings. The number of nitrogens with zero attached hydrogens (tertiary/aromatic N) is 3. The SMILES string of the molecule is COc1cc(-c2nc(-c3cccnc3)no2)ccc1O. The summed E-state index contributed by atoms with van der Waals surface area (Å²) in [6.45, 7) is 0. The fourth-order valence-corrected chi connectivity index (χ4v) is 1.76. The molecule has 2 aromatic heterocycles. The predicted octanol–water partition coefficient (Wildman–Crippen LogP) is 2.51. The molecule has 0 radical (unpaired) electrons. The summed E-state index contributed by atoms with van der Waals surface area (Å²) in [6.07, 6.45) is 3.33. The molecule has 0 amide bonds. The summed E-state index contributed by atoms with van der Waals surface area (Å²) >= 11 is 0. The minimum Gasteiger partial charge on any atom is -0.504 e. The summed E-state index contributed by atoms with van der Waals surface area (Å²) < 4.78 is 10.3. The Kier molecular flexibility index (Phi) is 3.04. The Balaban J connectivity index is 1.98. The molecule has 3 aromatic rings. The minimum atomic E-state index is 0.0586. The fourth-order valence-electron chi connectivity index (χ4n) is 1.76. The third kappa shape index (κ3) is 2.18. The lowest BCUT2D eigenvalue weighted by Crippen LogP contribution is -1.85. The molecule has 0 saturated heterocycles. The number of benzene rings is 1. The second kappa shape index (κ2) is 5.00. The molecular weight excluding hydrogens is 258 g/mol. The normalized spacial score (nSPS) is 10.4. The van der Waals surface area contributed by atoms with Crippen molar-refractivity contribution in [3.63, 3.8) is 0 Å². The second-order valence-electron chi connectivity index (χ2n) is 4.05. The Bertz CT molecular complexity index is 726. The number of aromatic nitrogens is 3. The molecule has 6 nitrogen and oxygen atoms in total. The molecule has 0 spiro atoms. The highest BCUT2D eigenvalue weighted by atomic mass is 16.5.